The Morgan fingerprint density at radius 3 is 2.48 bits per heavy atom. The van der Waals surface area contributed by atoms with Gasteiger partial charge in [0.05, 0.1) is 7.11 Å². The molecule has 0 atom stereocenters. The van der Waals surface area contributed by atoms with Crippen LogP contribution in [0.15, 0.2) is 33.9 Å². The van der Waals surface area contributed by atoms with Crippen LogP contribution in [0.1, 0.15) is 16.7 Å². The van der Waals surface area contributed by atoms with Gasteiger partial charge in [-0.3, -0.25) is 9.59 Å². The number of ether oxygens (including phenoxy) is 1. The lowest BCUT2D eigenvalue weighted by Crippen LogP contribution is -2.33. The maximum atomic E-state index is 11.9. The molecule has 0 N–H and O–H groups in total. The minimum atomic E-state index is -0.328. The van der Waals surface area contributed by atoms with Gasteiger partial charge in [0.15, 0.2) is 0 Å². The van der Waals surface area contributed by atoms with Gasteiger partial charge in [-0.1, -0.05) is 12.1 Å². The molecule has 3 aromatic rings. The number of methoxy groups -OCH3 is 1. The zero-order valence-electron chi connectivity index (χ0n) is 11.9. The smallest absolute Gasteiger partial charge is 0.234 e. The Labute approximate surface area is 121 Å². The summed E-state index contributed by atoms with van der Waals surface area (Å²) in [6.07, 6.45) is 1.67. The number of fused-ring (bicyclic) bond motifs is 5. The first-order valence-electron chi connectivity index (χ1n) is 7.04. The fraction of sp³-hybridized carbons (Fsp3) is 0.222. The van der Waals surface area contributed by atoms with Crippen molar-refractivity contribution in [2.45, 2.75) is 19.8 Å². The van der Waals surface area contributed by atoms with Gasteiger partial charge in [-0.2, -0.15) is 0 Å². The topological polar surface area (TPSA) is 43.4 Å². The Bertz CT molecular complexity index is 972. The minimum absolute atomic E-state index is 0.318. The Hall–Kier alpha value is -2.42. The standard InChI is InChI=1S/C18H14O3/c1-9-7-14-12-6-4-11(21-2)8-10(12)3-5-13(14)16-15(9)17(19)18(16)20/h4,6-8H,3,5H2,1-2H3. The van der Waals surface area contributed by atoms with Crippen molar-refractivity contribution in [1.82, 2.24) is 0 Å². The van der Waals surface area contributed by atoms with E-state index in [4.69, 9.17) is 4.74 Å². The van der Waals surface area contributed by atoms with E-state index in [1.165, 1.54) is 5.56 Å². The highest BCUT2D eigenvalue weighted by Gasteiger charge is 2.25. The van der Waals surface area contributed by atoms with Gasteiger partial charge in [0.2, 0.25) is 10.9 Å². The SMILES string of the molecule is COc1ccc2c(c1)CCc1c-2cc(C)c2c(=O)c(=O)c12. The molecule has 1 aliphatic carbocycles. The number of rotatable bonds is 1. The van der Waals surface area contributed by atoms with Crippen molar-refractivity contribution >= 4 is 10.8 Å². The molecule has 0 unspecified atom stereocenters. The Balaban J connectivity index is 2.06. The largest absolute Gasteiger partial charge is 0.497 e. The predicted molar refractivity (Wildman–Crippen MR) is 83.0 cm³/mol. The first kappa shape index (κ1) is 12.3. The second-order valence-electron chi connectivity index (χ2n) is 5.65. The second kappa shape index (κ2) is 4.04. The van der Waals surface area contributed by atoms with Crippen molar-refractivity contribution in [3.05, 3.63) is 61.4 Å². The highest BCUT2D eigenvalue weighted by atomic mass is 16.5. The molecule has 1 aliphatic rings. The number of aryl methyl sites for hydroxylation is 3. The molecule has 0 saturated heterocycles. The zero-order valence-corrected chi connectivity index (χ0v) is 11.9. The third kappa shape index (κ3) is 1.49. The van der Waals surface area contributed by atoms with E-state index in [0.717, 1.165) is 40.8 Å². The van der Waals surface area contributed by atoms with Crippen LogP contribution in [0.25, 0.3) is 21.9 Å². The van der Waals surface area contributed by atoms with Crippen molar-refractivity contribution < 1.29 is 4.74 Å². The van der Waals surface area contributed by atoms with Crippen molar-refractivity contribution in [3.8, 4) is 16.9 Å². The van der Waals surface area contributed by atoms with Gasteiger partial charge in [0.25, 0.3) is 0 Å². The number of hydrogen-bond donors (Lipinski definition) is 0. The summed E-state index contributed by atoms with van der Waals surface area (Å²) < 4.78 is 5.28. The summed E-state index contributed by atoms with van der Waals surface area (Å²) in [5.41, 5.74) is 4.77. The predicted octanol–water partition coefficient (Wildman–Crippen LogP) is 2.52. The quantitative estimate of drug-likeness (QED) is 0.642. The van der Waals surface area contributed by atoms with Gasteiger partial charge < -0.3 is 4.74 Å². The summed E-state index contributed by atoms with van der Waals surface area (Å²) >= 11 is 0. The minimum Gasteiger partial charge on any atom is -0.497 e. The molecule has 4 rings (SSSR count). The van der Waals surface area contributed by atoms with Crippen LogP contribution in [0.4, 0.5) is 0 Å². The molecule has 0 saturated carbocycles. The summed E-state index contributed by atoms with van der Waals surface area (Å²) in [6.45, 7) is 1.90. The van der Waals surface area contributed by atoms with E-state index in [0.29, 0.717) is 10.8 Å². The Morgan fingerprint density at radius 1 is 0.952 bits per heavy atom. The molecule has 0 heterocycles. The molecule has 0 aromatic heterocycles. The van der Waals surface area contributed by atoms with Crippen LogP contribution >= 0.6 is 0 Å². The monoisotopic (exact) mass is 278 g/mol. The summed E-state index contributed by atoms with van der Waals surface area (Å²) in [6, 6.07) is 8.08. The van der Waals surface area contributed by atoms with Crippen LogP contribution in [-0.2, 0) is 12.8 Å². The zero-order chi connectivity index (χ0) is 14.7. The molecule has 0 aliphatic heterocycles. The molecule has 3 nitrogen and oxygen atoms in total. The van der Waals surface area contributed by atoms with Crippen LogP contribution in [0.5, 0.6) is 5.75 Å². The molecule has 0 fully saturated rings. The average molecular weight is 278 g/mol. The molecular weight excluding hydrogens is 264 g/mol. The first-order chi connectivity index (χ1) is 10.1. The Kier molecular flexibility index (Phi) is 2.37. The van der Waals surface area contributed by atoms with E-state index in [9.17, 15) is 9.59 Å². The van der Waals surface area contributed by atoms with Crippen molar-refractivity contribution in [2.24, 2.45) is 0 Å². The van der Waals surface area contributed by atoms with E-state index in [1.54, 1.807) is 7.11 Å². The fourth-order valence-electron chi connectivity index (χ4n) is 3.49. The third-order valence-corrected chi connectivity index (χ3v) is 4.54. The van der Waals surface area contributed by atoms with Crippen LogP contribution in [0.2, 0.25) is 0 Å². The molecule has 3 aromatic carbocycles. The Morgan fingerprint density at radius 2 is 1.71 bits per heavy atom. The molecular formula is C18H14O3. The molecule has 0 radical (unpaired) electrons. The van der Waals surface area contributed by atoms with E-state index in [2.05, 4.69) is 6.07 Å². The molecule has 0 amide bonds. The van der Waals surface area contributed by atoms with Crippen LogP contribution < -0.4 is 15.6 Å². The van der Waals surface area contributed by atoms with E-state index >= 15 is 0 Å². The summed E-state index contributed by atoms with van der Waals surface area (Å²) in [5.74, 6) is 0.851. The van der Waals surface area contributed by atoms with Gasteiger partial charge >= 0.3 is 0 Å². The van der Waals surface area contributed by atoms with Gasteiger partial charge in [0, 0.05) is 10.8 Å². The van der Waals surface area contributed by atoms with Gasteiger partial charge in [-0.05, 0) is 59.7 Å². The number of hydrogen-bond acceptors (Lipinski definition) is 3. The highest BCUT2D eigenvalue weighted by molar-refractivity contribution is 5.98. The average Bonchev–Trinajstić information content (AvgIpc) is 2.52. The summed E-state index contributed by atoms with van der Waals surface area (Å²) in [4.78, 5) is 23.6. The van der Waals surface area contributed by atoms with Gasteiger partial charge in [-0.25, -0.2) is 0 Å². The van der Waals surface area contributed by atoms with Crippen LogP contribution in [-0.4, -0.2) is 7.11 Å². The summed E-state index contributed by atoms with van der Waals surface area (Å²) in [5, 5.41) is 1.30. The molecule has 104 valence electrons. The normalized spacial score (nSPS) is 13.2. The van der Waals surface area contributed by atoms with E-state index in [1.807, 2.05) is 25.1 Å². The maximum absolute atomic E-state index is 11.9. The van der Waals surface area contributed by atoms with E-state index < -0.39 is 0 Å². The highest BCUT2D eigenvalue weighted by Crippen LogP contribution is 2.39. The molecule has 0 spiro atoms. The van der Waals surface area contributed by atoms with Crippen molar-refractivity contribution in [2.75, 3.05) is 7.11 Å². The number of benzene rings is 2. The second-order valence-corrected chi connectivity index (χ2v) is 5.65. The van der Waals surface area contributed by atoms with Crippen LogP contribution in [0.3, 0.4) is 0 Å². The molecule has 21 heavy (non-hydrogen) atoms. The lowest BCUT2D eigenvalue weighted by molar-refractivity contribution is 0.414. The summed E-state index contributed by atoms with van der Waals surface area (Å²) in [7, 11) is 1.66. The van der Waals surface area contributed by atoms with Crippen molar-refractivity contribution in [1.29, 1.82) is 0 Å². The molecule has 0 bridgehead atoms. The van der Waals surface area contributed by atoms with Gasteiger partial charge in [-0.15, -0.1) is 0 Å². The third-order valence-electron chi connectivity index (χ3n) is 4.54. The van der Waals surface area contributed by atoms with Crippen molar-refractivity contribution in [3.63, 3.8) is 0 Å². The maximum Gasteiger partial charge on any atom is 0.234 e. The van der Waals surface area contributed by atoms with E-state index in [-0.39, 0.29) is 10.9 Å². The van der Waals surface area contributed by atoms with Gasteiger partial charge in [0.1, 0.15) is 5.75 Å². The molecule has 3 heteroatoms. The lowest BCUT2D eigenvalue weighted by Gasteiger charge is -2.23. The fourth-order valence-corrected chi connectivity index (χ4v) is 3.49. The first-order valence-corrected chi connectivity index (χ1v) is 7.04. The van der Waals surface area contributed by atoms with Crippen LogP contribution in [0, 0.1) is 6.92 Å². The lowest BCUT2D eigenvalue weighted by atomic mass is 9.80.